The van der Waals surface area contributed by atoms with Gasteiger partial charge in [0.2, 0.25) is 5.91 Å². The number of nitrogens with zero attached hydrogens (tertiary/aromatic N) is 1. The Bertz CT molecular complexity index is 319. The smallest absolute Gasteiger partial charge is 0.241 e. The molecule has 0 radical (unpaired) electrons. The Kier molecular flexibility index (Phi) is 2.39. The van der Waals surface area contributed by atoms with Crippen molar-refractivity contribution in [2.45, 2.75) is 12.8 Å². The van der Waals surface area contributed by atoms with Gasteiger partial charge in [-0.3, -0.25) is 15.2 Å². The standard InChI is InChI=1S/C11H14N2O/c1-13(10-5-3-2-4-6-10)12-11(14)9-7-8-9/h2-6,9H,7-8H2,1H3,(H,12,14). The second kappa shape index (κ2) is 3.70. The minimum atomic E-state index is 0.136. The first-order chi connectivity index (χ1) is 6.77. The summed E-state index contributed by atoms with van der Waals surface area (Å²) in [5.41, 5.74) is 3.85. The summed E-state index contributed by atoms with van der Waals surface area (Å²) in [6.07, 6.45) is 2.07. The van der Waals surface area contributed by atoms with E-state index in [1.54, 1.807) is 5.01 Å². The van der Waals surface area contributed by atoms with E-state index in [2.05, 4.69) is 5.43 Å². The second-order valence-corrected chi connectivity index (χ2v) is 3.64. The molecular formula is C11H14N2O. The Morgan fingerprint density at radius 3 is 2.57 bits per heavy atom. The second-order valence-electron chi connectivity index (χ2n) is 3.64. The molecule has 0 saturated heterocycles. The van der Waals surface area contributed by atoms with Gasteiger partial charge in [0.05, 0.1) is 5.69 Å². The third kappa shape index (κ3) is 2.05. The van der Waals surface area contributed by atoms with Crippen LogP contribution in [0.5, 0.6) is 0 Å². The summed E-state index contributed by atoms with van der Waals surface area (Å²) in [5, 5.41) is 1.76. The highest BCUT2D eigenvalue weighted by Gasteiger charge is 2.30. The lowest BCUT2D eigenvalue weighted by atomic mass is 10.3. The number of hydrazine groups is 1. The van der Waals surface area contributed by atoms with Gasteiger partial charge >= 0.3 is 0 Å². The Morgan fingerprint density at radius 1 is 1.36 bits per heavy atom. The number of hydrogen-bond donors (Lipinski definition) is 1. The van der Waals surface area contributed by atoms with Gasteiger partial charge in [-0.2, -0.15) is 0 Å². The minimum Gasteiger partial charge on any atom is -0.289 e. The molecule has 0 bridgehead atoms. The van der Waals surface area contributed by atoms with E-state index in [1.165, 1.54) is 0 Å². The molecule has 1 aromatic rings. The van der Waals surface area contributed by atoms with Crippen molar-refractivity contribution in [1.29, 1.82) is 0 Å². The Hall–Kier alpha value is -1.51. The summed E-state index contributed by atoms with van der Waals surface area (Å²) in [4.78, 5) is 11.4. The van der Waals surface area contributed by atoms with Crippen molar-refractivity contribution in [3.8, 4) is 0 Å². The molecule has 2 rings (SSSR count). The van der Waals surface area contributed by atoms with Gasteiger partial charge in [-0.15, -0.1) is 0 Å². The average molecular weight is 190 g/mol. The summed E-state index contributed by atoms with van der Waals surface area (Å²) in [5.74, 6) is 0.387. The highest BCUT2D eigenvalue weighted by Crippen LogP contribution is 2.28. The lowest BCUT2D eigenvalue weighted by molar-refractivity contribution is -0.122. The van der Waals surface area contributed by atoms with Crippen molar-refractivity contribution in [3.05, 3.63) is 30.3 Å². The lowest BCUT2D eigenvalue weighted by Crippen LogP contribution is -2.40. The van der Waals surface area contributed by atoms with Crippen LogP contribution in [-0.4, -0.2) is 13.0 Å². The molecule has 1 aliphatic rings. The number of anilines is 1. The lowest BCUT2D eigenvalue weighted by Gasteiger charge is -2.19. The first-order valence-electron chi connectivity index (χ1n) is 4.86. The molecule has 1 amide bonds. The van der Waals surface area contributed by atoms with Crippen LogP contribution in [0.15, 0.2) is 30.3 Å². The molecule has 0 aliphatic heterocycles. The maximum Gasteiger partial charge on any atom is 0.241 e. The van der Waals surface area contributed by atoms with Gasteiger partial charge in [0.15, 0.2) is 0 Å². The SMILES string of the molecule is CN(NC(=O)C1CC1)c1ccccc1. The number of rotatable bonds is 3. The maximum absolute atomic E-state index is 11.4. The summed E-state index contributed by atoms with van der Waals surface area (Å²) < 4.78 is 0. The minimum absolute atomic E-state index is 0.136. The van der Waals surface area contributed by atoms with Crippen molar-refractivity contribution >= 4 is 11.6 Å². The topological polar surface area (TPSA) is 32.3 Å². The van der Waals surface area contributed by atoms with Gasteiger partial charge in [0.25, 0.3) is 0 Å². The number of benzene rings is 1. The molecule has 0 atom stereocenters. The molecule has 1 N–H and O–H groups in total. The number of para-hydroxylation sites is 1. The van der Waals surface area contributed by atoms with Crippen LogP contribution < -0.4 is 10.4 Å². The number of hydrogen-bond acceptors (Lipinski definition) is 2. The monoisotopic (exact) mass is 190 g/mol. The quantitative estimate of drug-likeness (QED) is 0.734. The average Bonchev–Trinajstić information content (AvgIpc) is 3.02. The van der Waals surface area contributed by atoms with Crippen LogP contribution in [0.3, 0.4) is 0 Å². The van der Waals surface area contributed by atoms with Gasteiger partial charge in [-0.1, -0.05) is 18.2 Å². The van der Waals surface area contributed by atoms with Crippen LogP contribution in [0.25, 0.3) is 0 Å². The van der Waals surface area contributed by atoms with Crippen molar-refractivity contribution in [2.24, 2.45) is 5.92 Å². The maximum atomic E-state index is 11.4. The first-order valence-corrected chi connectivity index (χ1v) is 4.86. The predicted octanol–water partition coefficient (Wildman–Crippen LogP) is 1.56. The third-order valence-corrected chi connectivity index (χ3v) is 2.37. The van der Waals surface area contributed by atoms with E-state index in [0.29, 0.717) is 0 Å². The Morgan fingerprint density at radius 2 is 2.00 bits per heavy atom. The Labute approximate surface area is 83.7 Å². The molecule has 3 heteroatoms. The fourth-order valence-corrected chi connectivity index (χ4v) is 1.32. The van der Waals surface area contributed by atoms with Gasteiger partial charge in [0, 0.05) is 13.0 Å². The molecule has 14 heavy (non-hydrogen) atoms. The van der Waals surface area contributed by atoms with Gasteiger partial charge in [0.1, 0.15) is 0 Å². The third-order valence-electron chi connectivity index (χ3n) is 2.37. The van der Waals surface area contributed by atoms with E-state index < -0.39 is 0 Å². The molecule has 3 nitrogen and oxygen atoms in total. The van der Waals surface area contributed by atoms with Crippen LogP contribution in [-0.2, 0) is 4.79 Å². The van der Waals surface area contributed by atoms with E-state index in [4.69, 9.17) is 0 Å². The predicted molar refractivity (Wildman–Crippen MR) is 55.7 cm³/mol. The number of nitrogens with one attached hydrogen (secondary N) is 1. The largest absolute Gasteiger partial charge is 0.289 e. The van der Waals surface area contributed by atoms with Gasteiger partial charge in [-0.05, 0) is 25.0 Å². The molecule has 0 aromatic heterocycles. The van der Waals surface area contributed by atoms with E-state index in [9.17, 15) is 4.79 Å². The van der Waals surface area contributed by atoms with Crippen LogP contribution in [0.1, 0.15) is 12.8 Å². The number of carbonyl (C=O) groups excluding carboxylic acids is 1. The summed E-state index contributed by atoms with van der Waals surface area (Å²) >= 11 is 0. The van der Waals surface area contributed by atoms with Gasteiger partial charge in [-0.25, -0.2) is 0 Å². The van der Waals surface area contributed by atoms with Crippen molar-refractivity contribution < 1.29 is 4.79 Å². The van der Waals surface area contributed by atoms with Crippen LogP contribution >= 0.6 is 0 Å². The molecule has 74 valence electrons. The summed E-state index contributed by atoms with van der Waals surface area (Å²) in [6, 6.07) is 9.80. The first kappa shape index (κ1) is 9.06. The zero-order chi connectivity index (χ0) is 9.97. The molecule has 1 aliphatic carbocycles. The summed E-state index contributed by atoms with van der Waals surface area (Å²) in [6.45, 7) is 0. The van der Waals surface area contributed by atoms with E-state index in [0.717, 1.165) is 18.5 Å². The fraction of sp³-hybridized carbons (Fsp3) is 0.364. The van der Waals surface area contributed by atoms with Crippen LogP contribution in [0.2, 0.25) is 0 Å². The van der Waals surface area contributed by atoms with Crippen molar-refractivity contribution in [1.82, 2.24) is 5.43 Å². The van der Waals surface area contributed by atoms with Crippen molar-refractivity contribution in [2.75, 3.05) is 12.1 Å². The molecule has 1 aromatic carbocycles. The van der Waals surface area contributed by atoms with Crippen LogP contribution in [0, 0.1) is 5.92 Å². The number of carbonyl (C=O) groups is 1. The molecule has 1 saturated carbocycles. The van der Waals surface area contributed by atoms with E-state index in [1.807, 2.05) is 37.4 Å². The normalized spacial score (nSPS) is 14.9. The zero-order valence-electron chi connectivity index (χ0n) is 8.23. The molecule has 0 unspecified atom stereocenters. The highest BCUT2D eigenvalue weighted by atomic mass is 16.2. The van der Waals surface area contributed by atoms with E-state index in [-0.39, 0.29) is 11.8 Å². The Balaban J connectivity index is 1.95. The fourth-order valence-electron chi connectivity index (χ4n) is 1.32. The molecular weight excluding hydrogens is 176 g/mol. The zero-order valence-corrected chi connectivity index (χ0v) is 8.23. The van der Waals surface area contributed by atoms with Gasteiger partial charge < -0.3 is 0 Å². The molecule has 0 spiro atoms. The van der Waals surface area contributed by atoms with Crippen LogP contribution in [0.4, 0.5) is 5.69 Å². The van der Waals surface area contributed by atoms with E-state index >= 15 is 0 Å². The molecule has 1 fully saturated rings. The highest BCUT2D eigenvalue weighted by molar-refractivity contribution is 5.82. The molecule has 0 heterocycles. The van der Waals surface area contributed by atoms with Crippen molar-refractivity contribution in [3.63, 3.8) is 0 Å². The number of amides is 1. The summed E-state index contributed by atoms with van der Waals surface area (Å²) in [7, 11) is 1.86.